The van der Waals surface area contributed by atoms with E-state index in [4.69, 9.17) is 9.40 Å². The van der Waals surface area contributed by atoms with Gasteiger partial charge in [-0.2, -0.15) is 9.61 Å². The number of fused-ring (bicyclic) bond motifs is 1. The number of anilines is 1. The predicted octanol–water partition coefficient (Wildman–Crippen LogP) is 5.29. The third-order valence-electron chi connectivity index (χ3n) is 5.96. The molecule has 9 heteroatoms. The van der Waals surface area contributed by atoms with Gasteiger partial charge in [-0.15, -0.1) is 0 Å². The van der Waals surface area contributed by atoms with Gasteiger partial charge in [0.25, 0.3) is 5.91 Å². The summed E-state index contributed by atoms with van der Waals surface area (Å²) in [6.45, 7) is 2.32. The average molecular weight is 620 g/mol. The monoisotopic (exact) mass is 619 g/mol. The molecule has 5 rings (SSSR count). The number of nitrogens with one attached hydrogen (secondary N) is 1. The highest BCUT2D eigenvalue weighted by Crippen LogP contribution is 2.30. The minimum absolute atomic E-state index is 0.0453. The summed E-state index contributed by atoms with van der Waals surface area (Å²) in [6.07, 6.45) is 6.74. The van der Waals surface area contributed by atoms with Crippen molar-refractivity contribution >= 4 is 58.5 Å². The largest absolute Gasteiger partial charge is 0.472 e. The molecule has 1 aliphatic heterocycles. The van der Waals surface area contributed by atoms with Crippen molar-refractivity contribution in [2.45, 2.75) is 12.8 Å². The van der Waals surface area contributed by atoms with Gasteiger partial charge in [-0.3, -0.25) is 4.79 Å². The Labute approximate surface area is 210 Å². The Morgan fingerprint density at radius 3 is 2.85 bits per heavy atom. The molecule has 33 heavy (non-hydrogen) atoms. The Morgan fingerprint density at radius 2 is 2.09 bits per heavy atom. The van der Waals surface area contributed by atoms with Crippen molar-refractivity contribution < 1.29 is 9.21 Å². The molecule has 0 atom stereocenters. The average Bonchev–Trinajstić information content (AvgIpc) is 3.53. The third-order valence-corrected chi connectivity index (χ3v) is 8.29. The van der Waals surface area contributed by atoms with Gasteiger partial charge in [-0.25, -0.2) is 4.98 Å². The Kier molecular flexibility index (Phi) is 6.59. The summed E-state index contributed by atoms with van der Waals surface area (Å²) in [5.74, 6) is 1.43. The van der Waals surface area contributed by atoms with Crippen LogP contribution < -0.4 is 5.32 Å². The molecule has 0 aliphatic carbocycles. The first-order valence-corrected chi connectivity index (χ1v) is 14.1. The quantitative estimate of drug-likeness (QED) is 0.297. The second-order valence-electron chi connectivity index (χ2n) is 8.00. The van der Waals surface area contributed by atoms with Crippen LogP contribution in [0.15, 0.2) is 64.0 Å². The molecule has 4 aromatic rings. The van der Waals surface area contributed by atoms with Crippen molar-refractivity contribution in [3.05, 3.63) is 68.7 Å². The number of benzene rings is 1. The van der Waals surface area contributed by atoms with Crippen molar-refractivity contribution in [3.63, 3.8) is 0 Å². The molecule has 0 spiro atoms. The smallest absolute Gasteiger partial charge is 0.257 e. The summed E-state index contributed by atoms with van der Waals surface area (Å²) in [5.41, 5.74) is 3.45. The first-order chi connectivity index (χ1) is 16.1. The van der Waals surface area contributed by atoms with Crippen LogP contribution in [0.3, 0.4) is 0 Å². The SMILES string of the molecule is C=Ic1ccccc1-c1cc(NCC2CCN(C(=O)c3ccoc3)CC2)n2ncc(Br)c2n1. The van der Waals surface area contributed by atoms with E-state index in [1.807, 2.05) is 15.5 Å². The first kappa shape index (κ1) is 22.3. The highest BCUT2D eigenvalue weighted by atomic mass is 127. The molecule has 0 saturated carbocycles. The highest BCUT2D eigenvalue weighted by molar-refractivity contribution is 14.2. The van der Waals surface area contributed by atoms with E-state index >= 15 is 0 Å². The van der Waals surface area contributed by atoms with Crippen molar-refractivity contribution in [2.24, 2.45) is 5.92 Å². The summed E-state index contributed by atoms with van der Waals surface area (Å²) in [5, 5.41) is 8.11. The summed E-state index contributed by atoms with van der Waals surface area (Å²) in [6, 6.07) is 12.1. The highest BCUT2D eigenvalue weighted by Gasteiger charge is 2.24. The molecule has 1 N–H and O–H groups in total. The number of hydrogen-bond donors (Lipinski definition) is 1. The zero-order valence-electron chi connectivity index (χ0n) is 17.9. The molecule has 1 fully saturated rings. The molecule has 4 heterocycles. The number of piperidine rings is 1. The van der Waals surface area contributed by atoms with Crippen LogP contribution in [0, 0.1) is 9.49 Å². The number of likely N-dealkylation sites (tertiary alicyclic amines) is 1. The van der Waals surface area contributed by atoms with E-state index in [0.29, 0.717) is 11.5 Å². The number of nitrogens with zero attached hydrogens (tertiary/aromatic N) is 4. The van der Waals surface area contributed by atoms with E-state index in [9.17, 15) is 4.79 Å². The van der Waals surface area contributed by atoms with Crippen LogP contribution in [0.2, 0.25) is 0 Å². The molecular formula is C24H23BrIN5O2. The van der Waals surface area contributed by atoms with Crippen molar-refractivity contribution in [1.29, 1.82) is 0 Å². The molecule has 1 aliphatic rings. The van der Waals surface area contributed by atoms with Crippen LogP contribution in [0.1, 0.15) is 23.2 Å². The zero-order chi connectivity index (χ0) is 22.8. The lowest BCUT2D eigenvalue weighted by Gasteiger charge is -2.32. The minimum atomic E-state index is -0.314. The summed E-state index contributed by atoms with van der Waals surface area (Å²) < 4.78 is 13.2. The molecule has 7 nitrogen and oxygen atoms in total. The van der Waals surface area contributed by atoms with Gasteiger partial charge in [0.15, 0.2) is 5.65 Å². The zero-order valence-corrected chi connectivity index (χ0v) is 21.6. The fourth-order valence-corrected chi connectivity index (χ4v) is 5.82. The fourth-order valence-electron chi connectivity index (χ4n) is 4.14. The van der Waals surface area contributed by atoms with E-state index < -0.39 is 0 Å². The molecule has 1 aromatic carbocycles. The Hall–Kier alpha value is -2.53. The van der Waals surface area contributed by atoms with Gasteiger partial charge in [-0.05, 0) is 46.8 Å². The maximum atomic E-state index is 12.5. The third kappa shape index (κ3) is 4.61. The number of carbonyl (C=O) groups excluding carboxylic acids is 1. The minimum Gasteiger partial charge on any atom is -0.472 e. The number of carbonyl (C=O) groups is 1. The van der Waals surface area contributed by atoms with Gasteiger partial charge in [0.2, 0.25) is 0 Å². The normalized spacial score (nSPS) is 14.6. The molecule has 170 valence electrons. The fraction of sp³-hybridized carbons (Fsp3) is 0.250. The van der Waals surface area contributed by atoms with Gasteiger partial charge < -0.3 is 14.6 Å². The van der Waals surface area contributed by atoms with Crippen molar-refractivity contribution in [3.8, 4) is 11.3 Å². The molecule has 1 saturated heterocycles. The van der Waals surface area contributed by atoms with E-state index in [1.54, 1.807) is 18.5 Å². The lowest BCUT2D eigenvalue weighted by Crippen LogP contribution is -2.39. The number of aromatic nitrogens is 3. The van der Waals surface area contributed by atoms with E-state index in [2.05, 4.69) is 55.1 Å². The van der Waals surface area contributed by atoms with E-state index in [0.717, 1.165) is 59.7 Å². The molecule has 0 radical (unpaired) electrons. The number of halogens is 2. The Morgan fingerprint density at radius 1 is 1.27 bits per heavy atom. The van der Waals surface area contributed by atoms with Crippen LogP contribution in [-0.2, 0) is 0 Å². The second-order valence-corrected chi connectivity index (χ2v) is 10.8. The van der Waals surface area contributed by atoms with Gasteiger partial charge >= 0.3 is 0 Å². The number of furan rings is 1. The van der Waals surface area contributed by atoms with Crippen LogP contribution in [0.4, 0.5) is 5.82 Å². The van der Waals surface area contributed by atoms with Crippen molar-refractivity contribution in [1.82, 2.24) is 19.5 Å². The topological polar surface area (TPSA) is 75.7 Å². The maximum absolute atomic E-state index is 12.5. The van der Waals surface area contributed by atoms with Gasteiger partial charge in [0, 0.05) is 34.8 Å². The molecule has 0 bridgehead atoms. The van der Waals surface area contributed by atoms with E-state index in [-0.39, 0.29) is 26.6 Å². The number of amides is 1. The lowest BCUT2D eigenvalue weighted by atomic mass is 9.96. The summed E-state index contributed by atoms with van der Waals surface area (Å²) in [4.78, 5) is 19.3. The standard InChI is InChI=1S/C24H23BrIN5O2/c1-26-20-5-3-2-4-18(20)21-12-22(31-23(29-21)19(25)14-28-31)27-13-16-6-9-30(10-7-16)24(32)17-8-11-33-15-17/h2-5,8,11-12,14-16,27H,1,6-7,9-10,13H2. The second kappa shape index (κ2) is 9.76. The lowest BCUT2D eigenvalue weighted by molar-refractivity contribution is 0.0694. The van der Waals surface area contributed by atoms with Gasteiger partial charge in [-0.1, -0.05) is 43.4 Å². The van der Waals surface area contributed by atoms with Crippen LogP contribution in [0.5, 0.6) is 0 Å². The van der Waals surface area contributed by atoms with E-state index in [1.165, 1.54) is 9.83 Å². The Balaban J connectivity index is 1.32. The number of rotatable bonds is 6. The maximum Gasteiger partial charge on any atom is 0.257 e. The molecule has 3 aromatic heterocycles. The molecule has 0 unspecified atom stereocenters. The van der Waals surface area contributed by atoms with Crippen LogP contribution in [0.25, 0.3) is 16.9 Å². The van der Waals surface area contributed by atoms with Gasteiger partial charge in [0.05, 0.1) is 28.2 Å². The van der Waals surface area contributed by atoms with Crippen LogP contribution >= 0.6 is 36.7 Å². The number of hydrogen-bond acceptors (Lipinski definition) is 5. The van der Waals surface area contributed by atoms with Crippen molar-refractivity contribution in [2.75, 3.05) is 25.0 Å². The molecular weight excluding hydrogens is 597 g/mol. The van der Waals surface area contributed by atoms with Crippen LogP contribution in [-0.4, -0.2) is 49.6 Å². The summed E-state index contributed by atoms with van der Waals surface area (Å²) in [7, 11) is 0. The molecule has 1 amide bonds. The predicted molar refractivity (Wildman–Crippen MR) is 142 cm³/mol. The summed E-state index contributed by atoms with van der Waals surface area (Å²) >= 11 is 3.27. The first-order valence-electron chi connectivity index (χ1n) is 10.7. The van der Waals surface area contributed by atoms with Gasteiger partial charge in [0.1, 0.15) is 12.1 Å². The Bertz CT molecular complexity index is 1300.